The molecule has 0 fully saturated rings. The van der Waals surface area contributed by atoms with E-state index < -0.39 is 0 Å². The van der Waals surface area contributed by atoms with Crippen molar-refractivity contribution in [3.63, 3.8) is 0 Å². The lowest BCUT2D eigenvalue weighted by Crippen LogP contribution is -2.16. The zero-order chi connectivity index (χ0) is 12.7. The largest absolute Gasteiger partial charge is 0.497 e. The number of benzene rings is 1. The van der Waals surface area contributed by atoms with Crippen LogP contribution in [0.3, 0.4) is 0 Å². The molecule has 0 amide bonds. The molecule has 1 rings (SSSR count). The molecule has 17 heavy (non-hydrogen) atoms. The van der Waals surface area contributed by atoms with Crippen LogP contribution in [0.5, 0.6) is 5.75 Å². The maximum absolute atomic E-state index is 11.4. The smallest absolute Gasteiger partial charge is 0.309 e. The van der Waals surface area contributed by atoms with Crippen molar-refractivity contribution in [2.24, 2.45) is 5.92 Å². The Balaban J connectivity index is 2.46. The third-order valence-electron chi connectivity index (χ3n) is 2.23. The number of hydrogen-bond donors (Lipinski definition) is 0. The number of hydrogen-bond acceptors (Lipinski definition) is 4. The van der Waals surface area contributed by atoms with Gasteiger partial charge >= 0.3 is 5.97 Å². The second kappa shape index (κ2) is 7.22. The first-order chi connectivity index (χ1) is 8.17. The summed E-state index contributed by atoms with van der Waals surface area (Å²) in [7, 11) is 1.64. The number of esters is 1. The number of methoxy groups -OCH3 is 1. The summed E-state index contributed by atoms with van der Waals surface area (Å²) in [4.78, 5) is 12.5. The highest BCUT2D eigenvalue weighted by Gasteiger charge is 2.14. The van der Waals surface area contributed by atoms with Gasteiger partial charge in [0, 0.05) is 10.6 Å². The van der Waals surface area contributed by atoms with E-state index in [1.807, 2.05) is 38.1 Å². The van der Waals surface area contributed by atoms with Gasteiger partial charge in [0.2, 0.25) is 0 Å². The topological polar surface area (TPSA) is 35.5 Å². The van der Waals surface area contributed by atoms with Gasteiger partial charge in [0.15, 0.2) is 0 Å². The highest BCUT2D eigenvalue weighted by atomic mass is 32.2. The van der Waals surface area contributed by atoms with Gasteiger partial charge in [-0.05, 0) is 25.1 Å². The summed E-state index contributed by atoms with van der Waals surface area (Å²) >= 11 is 1.63. The predicted molar refractivity (Wildman–Crippen MR) is 69.5 cm³/mol. The van der Waals surface area contributed by atoms with E-state index in [0.717, 1.165) is 10.6 Å². The van der Waals surface area contributed by atoms with Crippen molar-refractivity contribution in [1.82, 2.24) is 0 Å². The van der Waals surface area contributed by atoms with E-state index in [-0.39, 0.29) is 11.9 Å². The van der Waals surface area contributed by atoms with Gasteiger partial charge in [-0.15, -0.1) is 11.8 Å². The molecule has 94 valence electrons. The fourth-order valence-electron chi connectivity index (χ4n) is 1.26. The molecule has 4 heteroatoms. The maximum atomic E-state index is 11.4. The van der Waals surface area contributed by atoms with Crippen LogP contribution >= 0.6 is 11.8 Å². The van der Waals surface area contributed by atoms with Gasteiger partial charge in [-0.3, -0.25) is 4.79 Å². The van der Waals surface area contributed by atoms with Crippen molar-refractivity contribution in [3.8, 4) is 5.75 Å². The van der Waals surface area contributed by atoms with E-state index in [1.165, 1.54) is 0 Å². The molecule has 1 aromatic carbocycles. The molecule has 0 bridgehead atoms. The minimum absolute atomic E-state index is 0.0915. The number of carbonyl (C=O) groups excluding carboxylic acids is 1. The van der Waals surface area contributed by atoms with Gasteiger partial charge in [0.25, 0.3) is 0 Å². The van der Waals surface area contributed by atoms with Gasteiger partial charge in [0.05, 0.1) is 19.6 Å². The van der Waals surface area contributed by atoms with Crippen LogP contribution in [0.4, 0.5) is 0 Å². The molecule has 0 aliphatic carbocycles. The Kier molecular flexibility index (Phi) is 5.91. The first-order valence-corrected chi connectivity index (χ1v) is 6.59. The summed E-state index contributed by atoms with van der Waals surface area (Å²) in [6.07, 6.45) is 0. The zero-order valence-corrected chi connectivity index (χ0v) is 11.3. The van der Waals surface area contributed by atoms with Crippen molar-refractivity contribution < 1.29 is 14.3 Å². The van der Waals surface area contributed by atoms with Gasteiger partial charge < -0.3 is 9.47 Å². The second-order valence-corrected chi connectivity index (χ2v) is 4.74. The minimum atomic E-state index is -0.136. The van der Waals surface area contributed by atoms with Gasteiger partial charge in [0.1, 0.15) is 5.75 Å². The first-order valence-electron chi connectivity index (χ1n) is 5.60. The second-order valence-electron chi connectivity index (χ2n) is 3.64. The minimum Gasteiger partial charge on any atom is -0.497 e. The third-order valence-corrected chi connectivity index (χ3v) is 3.48. The predicted octanol–water partition coefficient (Wildman–Crippen LogP) is 2.99. The molecule has 0 radical (unpaired) electrons. The molecule has 3 nitrogen and oxygen atoms in total. The average molecular weight is 254 g/mol. The molecule has 0 saturated carbocycles. The monoisotopic (exact) mass is 254 g/mol. The summed E-state index contributed by atoms with van der Waals surface area (Å²) in [6, 6.07) is 7.81. The van der Waals surface area contributed by atoms with E-state index in [2.05, 4.69) is 0 Å². The maximum Gasteiger partial charge on any atom is 0.309 e. The van der Waals surface area contributed by atoms with Gasteiger partial charge in [-0.1, -0.05) is 13.0 Å². The van der Waals surface area contributed by atoms with Crippen LogP contribution in [0, 0.1) is 5.92 Å². The lowest BCUT2D eigenvalue weighted by molar-refractivity contribution is -0.146. The Morgan fingerprint density at radius 1 is 1.47 bits per heavy atom. The van der Waals surface area contributed by atoms with Crippen LogP contribution in [-0.4, -0.2) is 25.4 Å². The molecule has 0 aromatic heterocycles. The molecule has 0 saturated heterocycles. The van der Waals surface area contributed by atoms with E-state index in [4.69, 9.17) is 9.47 Å². The first kappa shape index (κ1) is 13.9. The van der Waals surface area contributed by atoms with Crippen molar-refractivity contribution in [1.29, 1.82) is 0 Å². The summed E-state index contributed by atoms with van der Waals surface area (Å²) in [5, 5.41) is 0. The molecule has 1 unspecified atom stereocenters. The quantitative estimate of drug-likeness (QED) is 0.577. The highest BCUT2D eigenvalue weighted by Crippen LogP contribution is 2.24. The number of rotatable bonds is 6. The molecule has 0 aliphatic heterocycles. The van der Waals surface area contributed by atoms with Crippen LogP contribution in [0.1, 0.15) is 13.8 Å². The number of ether oxygens (including phenoxy) is 2. The standard InChI is InChI=1S/C13H18O3S/c1-4-16-13(14)10(2)9-17-12-7-5-6-11(8-12)15-3/h5-8,10H,4,9H2,1-3H3. The molecule has 0 spiro atoms. The van der Waals surface area contributed by atoms with Crippen LogP contribution in [0.2, 0.25) is 0 Å². The lowest BCUT2D eigenvalue weighted by Gasteiger charge is -2.10. The van der Waals surface area contributed by atoms with Crippen molar-refractivity contribution >= 4 is 17.7 Å². The van der Waals surface area contributed by atoms with E-state index >= 15 is 0 Å². The van der Waals surface area contributed by atoms with Crippen molar-refractivity contribution in [3.05, 3.63) is 24.3 Å². The average Bonchev–Trinajstić information content (AvgIpc) is 2.36. The Morgan fingerprint density at radius 2 is 2.24 bits per heavy atom. The molecule has 0 aliphatic rings. The van der Waals surface area contributed by atoms with Crippen LogP contribution in [-0.2, 0) is 9.53 Å². The Morgan fingerprint density at radius 3 is 2.88 bits per heavy atom. The van der Waals surface area contributed by atoms with Gasteiger partial charge in [-0.25, -0.2) is 0 Å². The zero-order valence-electron chi connectivity index (χ0n) is 10.4. The Labute approximate surface area is 106 Å². The molecular weight excluding hydrogens is 236 g/mol. The number of thioether (sulfide) groups is 1. The van der Waals surface area contributed by atoms with Crippen molar-refractivity contribution in [2.75, 3.05) is 19.5 Å². The summed E-state index contributed by atoms with van der Waals surface area (Å²) in [5.74, 6) is 1.32. The van der Waals surface area contributed by atoms with Crippen LogP contribution < -0.4 is 4.74 Å². The van der Waals surface area contributed by atoms with Crippen molar-refractivity contribution in [2.45, 2.75) is 18.7 Å². The highest BCUT2D eigenvalue weighted by molar-refractivity contribution is 7.99. The van der Waals surface area contributed by atoms with E-state index in [0.29, 0.717) is 12.4 Å². The SMILES string of the molecule is CCOC(=O)C(C)CSc1cccc(OC)c1. The molecule has 1 atom stereocenters. The van der Waals surface area contributed by atoms with Crippen LogP contribution in [0.15, 0.2) is 29.2 Å². The van der Waals surface area contributed by atoms with E-state index in [9.17, 15) is 4.79 Å². The summed E-state index contributed by atoms with van der Waals surface area (Å²) in [5.41, 5.74) is 0. The Hall–Kier alpha value is -1.16. The molecule has 0 heterocycles. The lowest BCUT2D eigenvalue weighted by atomic mass is 10.2. The molecule has 1 aromatic rings. The van der Waals surface area contributed by atoms with Gasteiger partial charge in [-0.2, -0.15) is 0 Å². The third kappa shape index (κ3) is 4.69. The fourth-order valence-corrected chi connectivity index (χ4v) is 2.22. The summed E-state index contributed by atoms with van der Waals surface area (Å²) < 4.78 is 10.1. The molecular formula is C13H18O3S. The molecule has 0 N–H and O–H groups in total. The van der Waals surface area contributed by atoms with Crippen LogP contribution in [0.25, 0.3) is 0 Å². The number of carbonyl (C=O) groups is 1. The summed E-state index contributed by atoms with van der Waals surface area (Å²) in [6.45, 7) is 4.14. The Bertz CT molecular complexity index is 365. The fraction of sp³-hybridized carbons (Fsp3) is 0.462. The van der Waals surface area contributed by atoms with E-state index in [1.54, 1.807) is 18.9 Å². The normalized spacial score (nSPS) is 11.9.